The van der Waals surface area contributed by atoms with E-state index in [1.54, 1.807) is 0 Å². The first-order chi connectivity index (χ1) is 14.1. The summed E-state index contributed by atoms with van der Waals surface area (Å²) < 4.78 is 8.58. The minimum atomic E-state index is -0.0698. The SMILES string of the molecule is Cc1nc2ccnn2c(N2C[C@@H]3[C@H](CNC(=O)C4CCC4)[C@H]4CC[C@]3(C2)O4)c1C. The first-order valence-electron chi connectivity index (χ1n) is 11.1. The topological polar surface area (TPSA) is 71.8 Å². The van der Waals surface area contributed by atoms with Gasteiger partial charge in [0.1, 0.15) is 5.82 Å². The maximum atomic E-state index is 12.4. The molecule has 2 aromatic heterocycles. The van der Waals surface area contributed by atoms with Gasteiger partial charge in [0.25, 0.3) is 0 Å². The van der Waals surface area contributed by atoms with E-state index in [4.69, 9.17) is 4.74 Å². The predicted octanol–water partition coefficient (Wildman–Crippen LogP) is 2.25. The molecule has 29 heavy (non-hydrogen) atoms. The van der Waals surface area contributed by atoms with Gasteiger partial charge in [-0.3, -0.25) is 4.79 Å². The van der Waals surface area contributed by atoms with Gasteiger partial charge in [0.05, 0.1) is 17.9 Å². The molecule has 3 aliphatic heterocycles. The van der Waals surface area contributed by atoms with Gasteiger partial charge in [-0.15, -0.1) is 0 Å². The van der Waals surface area contributed by atoms with Gasteiger partial charge in [0, 0.05) is 54.7 Å². The molecule has 4 aliphatic rings. The van der Waals surface area contributed by atoms with E-state index in [1.165, 1.54) is 12.0 Å². The normalized spacial score (nSPS) is 33.3. The first-order valence-corrected chi connectivity index (χ1v) is 11.1. The van der Waals surface area contributed by atoms with Gasteiger partial charge >= 0.3 is 0 Å². The summed E-state index contributed by atoms with van der Waals surface area (Å²) in [5.41, 5.74) is 3.06. The Morgan fingerprint density at radius 1 is 1.34 bits per heavy atom. The van der Waals surface area contributed by atoms with E-state index in [0.29, 0.717) is 17.9 Å². The lowest BCUT2D eigenvalue weighted by atomic mass is 9.73. The summed E-state index contributed by atoms with van der Waals surface area (Å²) in [6.07, 6.45) is 7.66. The van der Waals surface area contributed by atoms with Gasteiger partial charge in [-0.25, -0.2) is 4.98 Å². The number of rotatable bonds is 4. The fourth-order valence-electron chi connectivity index (χ4n) is 6.15. The lowest BCUT2D eigenvalue weighted by molar-refractivity contribution is -0.127. The Morgan fingerprint density at radius 3 is 3.00 bits per heavy atom. The Labute approximate surface area is 170 Å². The molecule has 5 heterocycles. The van der Waals surface area contributed by atoms with E-state index < -0.39 is 0 Å². The van der Waals surface area contributed by atoms with E-state index in [0.717, 1.165) is 62.5 Å². The molecule has 7 heteroatoms. The zero-order valence-corrected chi connectivity index (χ0v) is 17.2. The number of nitrogens with one attached hydrogen (secondary N) is 1. The van der Waals surface area contributed by atoms with Crippen molar-refractivity contribution in [1.29, 1.82) is 0 Å². The molecule has 3 saturated heterocycles. The molecular weight excluding hydrogens is 366 g/mol. The predicted molar refractivity (Wildman–Crippen MR) is 109 cm³/mol. The number of carbonyl (C=O) groups excluding carboxylic acids is 1. The molecule has 1 amide bonds. The third-order valence-corrected chi connectivity index (χ3v) is 8.06. The highest BCUT2D eigenvalue weighted by atomic mass is 16.5. The molecule has 2 aromatic rings. The average Bonchev–Trinajstić information content (AvgIpc) is 3.39. The van der Waals surface area contributed by atoms with E-state index in [1.807, 2.05) is 16.8 Å². The molecule has 154 valence electrons. The number of carbonyl (C=O) groups is 1. The molecule has 1 spiro atoms. The zero-order valence-electron chi connectivity index (χ0n) is 17.2. The van der Waals surface area contributed by atoms with Gasteiger partial charge in [0.2, 0.25) is 5.91 Å². The van der Waals surface area contributed by atoms with E-state index >= 15 is 0 Å². The first kappa shape index (κ1) is 17.7. The fourth-order valence-corrected chi connectivity index (χ4v) is 6.15. The van der Waals surface area contributed by atoms with Crippen LogP contribution < -0.4 is 10.2 Å². The molecule has 1 saturated carbocycles. The molecule has 6 rings (SSSR count). The second-order valence-corrected chi connectivity index (χ2v) is 9.53. The molecular formula is C22H29N5O2. The standard InChI is InChI=1S/C22H29N5O2/c1-13-14(2)25-19-7-9-24-27(19)21(13)26-11-17-16(10-23-20(28)15-4-3-5-15)18-6-8-22(17,12-26)29-18/h7,9,15-18H,3-6,8,10-12H2,1-2H3,(H,23,28)/t16-,17+,18+,22+/m0/s1. The number of ether oxygens (including phenoxy) is 1. The van der Waals surface area contributed by atoms with Crippen LogP contribution in [0.1, 0.15) is 43.4 Å². The smallest absolute Gasteiger partial charge is 0.223 e. The van der Waals surface area contributed by atoms with Crippen LogP contribution in [0.4, 0.5) is 5.82 Å². The van der Waals surface area contributed by atoms with E-state index in [2.05, 4.69) is 34.1 Å². The van der Waals surface area contributed by atoms with Gasteiger partial charge in [0.15, 0.2) is 5.65 Å². The Bertz CT molecular complexity index is 983. The molecule has 0 aromatic carbocycles. The fraction of sp³-hybridized carbons (Fsp3) is 0.682. The third kappa shape index (κ3) is 2.49. The Morgan fingerprint density at radius 2 is 2.21 bits per heavy atom. The zero-order chi connectivity index (χ0) is 19.8. The van der Waals surface area contributed by atoms with Crippen molar-refractivity contribution in [3.63, 3.8) is 0 Å². The summed E-state index contributed by atoms with van der Waals surface area (Å²) in [5.74, 6) is 2.52. The molecule has 0 radical (unpaired) electrons. The van der Waals surface area contributed by atoms with Crippen LogP contribution in [0.5, 0.6) is 0 Å². The van der Waals surface area contributed by atoms with Crippen molar-refractivity contribution >= 4 is 17.4 Å². The van der Waals surface area contributed by atoms with Crippen molar-refractivity contribution in [2.45, 2.75) is 57.7 Å². The summed E-state index contributed by atoms with van der Waals surface area (Å²) in [6.45, 7) is 6.83. The van der Waals surface area contributed by atoms with Crippen molar-refractivity contribution in [3.8, 4) is 0 Å². The highest BCUT2D eigenvalue weighted by Crippen LogP contribution is 2.55. The second-order valence-electron chi connectivity index (χ2n) is 9.53. The van der Waals surface area contributed by atoms with Crippen LogP contribution in [-0.2, 0) is 9.53 Å². The molecule has 2 bridgehead atoms. The van der Waals surface area contributed by atoms with Crippen LogP contribution >= 0.6 is 0 Å². The van der Waals surface area contributed by atoms with Crippen molar-refractivity contribution in [2.24, 2.45) is 17.8 Å². The Balaban J connectivity index is 1.27. The third-order valence-electron chi connectivity index (χ3n) is 8.06. The molecule has 7 nitrogen and oxygen atoms in total. The summed E-state index contributed by atoms with van der Waals surface area (Å²) in [4.78, 5) is 19.5. The number of nitrogens with zero attached hydrogens (tertiary/aromatic N) is 4. The maximum absolute atomic E-state index is 12.4. The minimum absolute atomic E-state index is 0.0698. The number of aryl methyl sites for hydroxylation is 1. The van der Waals surface area contributed by atoms with Gasteiger partial charge in [-0.1, -0.05) is 6.42 Å². The largest absolute Gasteiger partial charge is 0.369 e. The van der Waals surface area contributed by atoms with Crippen LogP contribution in [0.2, 0.25) is 0 Å². The van der Waals surface area contributed by atoms with E-state index in [-0.39, 0.29) is 17.4 Å². The van der Waals surface area contributed by atoms with Crippen molar-refractivity contribution in [2.75, 3.05) is 24.5 Å². The molecule has 4 fully saturated rings. The number of hydrogen-bond donors (Lipinski definition) is 1. The Kier molecular flexibility index (Phi) is 3.77. The number of aromatic nitrogens is 3. The maximum Gasteiger partial charge on any atom is 0.223 e. The van der Waals surface area contributed by atoms with Crippen LogP contribution in [0.3, 0.4) is 0 Å². The van der Waals surface area contributed by atoms with Crippen LogP contribution in [0.25, 0.3) is 5.65 Å². The summed E-state index contributed by atoms with van der Waals surface area (Å²) in [5, 5.41) is 7.80. The highest BCUT2D eigenvalue weighted by Gasteiger charge is 2.63. The second kappa shape index (κ2) is 6.17. The highest BCUT2D eigenvalue weighted by molar-refractivity contribution is 5.79. The van der Waals surface area contributed by atoms with Crippen molar-refractivity contribution in [3.05, 3.63) is 23.5 Å². The molecule has 0 unspecified atom stereocenters. The van der Waals surface area contributed by atoms with Crippen LogP contribution in [-0.4, -0.2) is 51.8 Å². The summed E-state index contributed by atoms with van der Waals surface area (Å²) >= 11 is 0. The summed E-state index contributed by atoms with van der Waals surface area (Å²) in [7, 11) is 0. The average molecular weight is 396 g/mol. The number of hydrogen-bond acceptors (Lipinski definition) is 5. The van der Waals surface area contributed by atoms with Crippen LogP contribution in [0, 0.1) is 31.6 Å². The molecule has 1 aliphatic carbocycles. The molecule has 1 N–H and O–H groups in total. The number of fused-ring (bicyclic) bond motifs is 2. The lowest BCUT2D eigenvalue weighted by Crippen LogP contribution is -2.44. The number of anilines is 1. The lowest BCUT2D eigenvalue weighted by Gasteiger charge is -2.30. The molecule has 4 atom stereocenters. The van der Waals surface area contributed by atoms with Crippen molar-refractivity contribution < 1.29 is 9.53 Å². The monoisotopic (exact) mass is 395 g/mol. The van der Waals surface area contributed by atoms with Gasteiger partial charge in [-0.2, -0.15) is 9.61 Å². The van der Waals surface area contributed by atoms with Crippen molar-refractivity contribution in [1.82, 2.24) is 19.9 Å². The van der Waals surface area contributed by atoms with Crippen LogP contribution in [0.15, 0.2) is 12.3 Å². The van der Waals surface area contributed by atoms with Gasteiger partial charge in [-0.05, 0) is 39.5 Å². The van der Waals surface area contributed by atoms with E-state index in [9.17, 15) is 4.79 Å². The summed E-state index contributed by atoms with van der Waals surface area (Å²) in [6, 6.07) is 1.96. The quantitative estimate of drug-likeness (QED) is 0.860. The number of amides is 1. The Hall–Kier alpha value is -2.15. The minimum Gasteiger partial charge on any atom is -0.369 e. The van der Waals surface area contributed by atoms with Gasteiger partial charge < -0.3 is 15.0 Å².